The molecule has 1 aromatic rings. The summed E-state index contributed by atoms with van der Waals surface area (Å²) in [5.41, 5.74) is 0.991. The molecule has 0 unspecified atom stereocenters. The maximum absolute atomic E-state index is 13.4. The van der Waals surface area contributed by atoms with Gasteiger partial charge in [-0.2, -0.15) is 0 Å². The van der Waals surface area contributed by atoms with Gasteiger partial charge in [-0.3, -0.25) is 0 Å². The molecule has 0 aromatic heterocycles. The highest BCUT2D eigenvalue weighted by molar-refractivity contribution is 5.52. The summed E-state index contributed by atoms with van der Waals surface area (Å²) >= 11 is 0. The third-order valence-electron chi connectivity index (χ3n) is 2.51. The predicted molar refractivity (Wildman–Crippen MR) is 49.9 cm³/mol. The first-order chi connectivity index (χ1) is 7.24. The van der Waals surface area contributed by atoms with Gasteiger partial charge in [-0.05, 0) is 12.0 Å². The van der Waals surface area contributed by atoms with Crippen LogP contribution in [0.3, 0.4) is 0 Å². The Kier molecular flexibility index (Phi) is 2.66. The summed E-state index contributed by atoms with van der Waals surface area (Å²) in [4.78, 5) is 10.2. The SMILES string of the molecule is O=CCCc1c(F)cc(F)c2c1CCO2. The molecule has 1 aliphatic heterocycles. The topological polar surface area (TPSA) is 26.3 Å². The van der Waals surface area contributed by atoms with Crippen molar-refractivity contribution < 1.29 is 18.3 Å². The average Bonchev–Trinajstić information content (AvgIpc) is 2.66. The second-order valence-electron chi connectivity index (χ2n) is 3.43. The van der Waals surface area contributed by atoms with Gasteiger partial charge in [0, 0.05) is 24.5 Å². The number of hydrogen-bond donors (Lipinski definition) is 0. The summed E-state index contributed by atoms with van der Waals surface area (Å²) in [7, 11) is 0. The van der Waals surface area contributed by atoms with Gasteiger partial charge in [-0.15, -0.1) is 0 Å². The van der Waals surface area contributed by atoms with Gasteiger partial charge in [-0.25, -0.2) is 8.78 Å². The molecule has 0 fully saturated rings. The Morgan fingerprint density at radius 3 is 2.93 bits per heavy atom. The van der Waals surface area contributed by atoms with Crippen molar-refractivity contribution in [3.05, 3.63) is 28.8 Å². The summed E-state index contributed by atoms with van der Waals surface area (Å²) in [6, 6.07) is 0.824. The summed E-state index contributed by atoms with van der Waals surface area (Å²) in [5, 5.41) is 0. The highest BCUT2D eigenvalue weighted by Crippen LogP contribution is 2.33. The number of halogens is 2. The van der Waals surface area contributed by atoms with E-state index in [-0.39, 0.29) is 12.2 Å². The zero-order chi connectivity index (χ0) is 10.8. The van der Waals surface area contributed by atoms with Crippen molar-refractivity contribution in [2.24, 2.45) is 0 Å². The van der Waals surface area contributed by atoms with E-state index in [2.05, 4.69) is 0 Å². The van der Waals surface area contributed by atoms with Crippen LogP contribution in [0, 0.1) is 11.6 Å². The number of carbonyl (C=O) groups excluding carboxylic acids is 1. The van der Waals surface area contributed by atoms with Crippen LogP contribution in [0.4, 0.5) is 8.78 Å². The highest BCUT2D eigenvalue weighted by atomic mass is 19.1. The second-order valence-corrected chi connectivity index (χ2v) is 3.43. The monoisotopic (exact) mass is 212 g/mol. The van der Waals surface area contributed by atoms with Crippen molar-refractivity contribution in [1.29, 1.82) is 0 Å². The Bertz CT molecular complexity index is 402. The Balaban J connectivity index is 2.44. The number of fused-ring (bicyclic) bond motifs is 1. The van der Waals surface area contributed by atoms with Crippen LogP contribution in [0.25, 0.3) is 0 Å². The number of rotatable bonds is 3. The maximum atomic E-state index is 13.4. The zero-order valence-electron chi connectivity index (χ0n) is 8.06. The number of carbonyl (C=O) groups is 1. The van der Waals surface area contributed by atoms with E-state index < -0.39 is 11.6 Å². The second kappa shape index (κ2) is 3.96. The molecule has 1 heterocycles. The molecular weight excluding hydrogens is 202 g/mol. The molecule has 0 spiro atoms. The van der Waals surface area contributed by atoms with E-state index in [4.69, 9.17) is 4.74 Å². The third kappa shape index (κ3) is 1.71. The fourth-order valence-electron chi connectivity index (χ4n) is 1.84. The molecule has 4 heteroatoms. The number of hydrogen-bond acceptors (Lipinski definition) is 2. The molecule has 2 rings (SSSR count). The lowest BCUT2D eigenvalue weighted by Gasteiger charge is -2.07. The van der Waals surface area contributed by atoms with Gasteiger partial charge in [-0.1, -0.05) is 0 Å². The van der Waals surface area contributed by atoms with Crippen LogP contribution in [-0.2, 0) is 17.6 Å². The molecule has 0 amide bonds. The van der Waals surface area contributed by atoms with Crippen LogP contribution in [0.2, 0.25) is 0 Å². The largest absolute Gasteiger partial charge is 0.490 e. The van der Waals surface area contributed by atoms with Crippen LogP contribution in [0.15, 0.2) is 6.07 Å². The van der Waals surface area contributed by atoms with Gasteiger partial charge in [0.2, 0.25) is 0 Å². The summed E-state index contributed by atoms with van der Waals surface area (Å²) in [6.45, 7) is 0.379. The predicted octanol–water partition coefficient (Wildman–Crippen LogP) is 2.03. The lowest BCUT2D eigenvalue weighted by molar-refractivity contribution is -0.107. The quantitative estimate of drug-likeness (QED) is 0.716. The fourth-order valence-corrected chi connectivity index (χ4v) is 1.84. The van der Waals surface area contributed by atoms with Gasteiger partial charge in [0.05, 0.1) is 6.61 Å². The van der Waals surface area contributed by atoms with E-state index in [9.17, 15) is 13.6 Å². The fraction of sp³-hybridized carbons (Fsp3) is 0.364. The molecule has 1 aromatic carbocycles. The molecule has 0 N–H and O–H groups in total. The maximum Gasteiger partial charge on any atom is 0.168 e. The van der Waals surface area contributed by atoms with Crippen molar-refractivity contribution >= 4 is 6.29 Å². The zero-order valence-corrected chi connectivity index (χ0v) is 8.06. The van der Waals surface area contributed by atoms with Crippen LogP contribution in [0.5, 0.6) is 5.75 Å². The molecule has 80 valence electrons. The minimum atomic E-state index is -0.658. The molecule has 0 aliphatic carbocycles. The number of benzene rings is 1. The average molecular weight is 212 g/mol. The van der Waals surface area contributed by atoms with Crippen molar-refractivity contribution in [1.82, 2.24) is 0 Å². The number of aldehydes is 1. The van der Waals surface area contributed by atoms with Gasteiger partial charge >= 0.3 is 0 Å². The van der Waals surface area contributed by atoms with Crippen molar-refractivity contribution in [2.45, 2.75) is 19.3 Å². The lowest BCUT2D eigenvalue weighted by atomic mass is 10.00. The van der Waals surface area contributed by atoms with Crippen LogP contribution < -0.4 is 4.74 Å². The van der Waals surface area contributed by atoms with E-state index in [0.717, 1.165) is 12.4 Å². The molecule has 1 aliphatic rings. The Morgan fingerprint density at radius 1 is 1.40 bits per heavy atom. The van der Waals surface area contributed by atoms with E-state index in [1.807, 2.05) is 0 Å². The standard InChI is InChI=1S/C11H10F2O2/c12-9-6-10(13)11-8(3-5-15-11)7(9)2-1-4-14/h4,6H,1-3,5H2. The first kappa shape index (κ1) is 10.1. The lowest BCUT2D eigenvalue weighted by Crippen LogP contribution is -1.99. The van der Waals surface area contributed by atoms with Crippen molar-refractivity contribution in [3.8, 4) is 5.75 Å². The normalized spacial score (nSPS) is 13.5. The van der Waals surface area contributed by atoms with Crippen LogP contribution in [0.1, 0.15) is 17.5 Å². The molecule has 0 saturated heterocycles. The smallest absolute Gasteiger partial charge is 0.168 e. The van der Waals surface area contributed by atoms with Crippen LogP contribution in [-0.4, -0.2) is 12.9 Å². The van der Waals surface area contributed by atoms with E-state index in [1.165, 1.54) is 0 Å². The molecule has 0 bridgehead atoms. The molecule has 15 heavy (non-hydrogen) atoms. The molecular formula is C11H10F2O2. The third-order valence-corrected chi connectivity index (χ3v) is 2.51. The Hall–Kier alpha value is -1.45. The van der Waals surface area contributed by atoms with Gasteiger partial charge in [0.15, 0.2) is 11.6 Å². The highest BCUT2D eigenvalue weighted by Gasteiger charge is 2.23. The molecule has 0 saturated carbocycles. The van der Waals surface area contributed by atoms with Gasteiger partial charge in [0.25, 0.3) is 0 Å². The number of ether oxygens (including phenoxy) is 1. The van der Waals surface area contributed by atoms with E-state index in [1.54, 1.807) is 0 Å². The minimum Gasteiger partial charge on any atom is -0.490 e. The Morgan fingerprint density at radius 2 is 2.20 bits per heavy atom. The molecule has 0 atom stereocenters. The first-order valence-electron chi connectivity index (χ1n) is 4.80. The van der Waals surface area contributed by atoms with Crippen LogP contribution >= 0.6 is 0 Å². The van der Waals surface area contributed by atoms with E-state index in [0.29, 0.717) is 30.6 Å². The van der Waals surface area contributed by atoms with Crippen molar-refractivity contribution in [3.63, 3.8) is 0 Å². The summed E-state index contributed by atoms with van der Waals surface area (Å²) in [6.07, 6.45) is 1.79. The minimum absolute atomic E-state index is 0.150. The first-order valence-corrected chi connectivity index (χ1v) is 4.80. The molecule has 2 nitrogen and oxygen atoms in total. The summed E-state index contributed by atoms with van der Waals surface area (Å²) in [5.74, 6) is -1.09. The van der Waals surface area contributed by atoms with Crippen molar-refractivity contribution in [2.75, 3.05) is 6.61 Å². The summed E-state index contributed by atoms with van der Waals surface area (Å²) < 4.78 is 31.7. The Labute approximate surface area is 85.9 Å². The van der Waals surface area contributed by atoms with Gasteiger partial charge < -0.3 is 9.53 Å². The van der Waals surface area contributed by atoms with Gasteiger partial charge in [0.1, 0.15) is 12.1 Å². The molecule has 0 radical (unpaired) electrons. The van der Waals surface area contributed by atoms with E-state index >= 15 is 0 Å².